The molecule has 2 N–H and O–H groups in total. The summed E-state index contributed by atoms with van der Waals surface area (Å²) in [7, 11) is 1.74. The number of anilines is 1. The first-order valence-corrected chi connectivity index (χ1v) is 10.7. The zero-order valence-electron chi connectivity index (χ0n) is 17.0. The van der Waals surface area contributed by atoms with Crippen molar-refractivity contribution in [2.45, 2.75) is 26.9 Å². The molecule has 0 amide bonds. The smallest absolute Gasteiger partial charge is 0.191 e. The highest BCUT2D eigenvalue weighted by Gasteiger charge is 2.18. The van der Waals surface area contributed by atoms with Gasteiger partial charge < -0.3 is 20.4 Å². The van der Waals surface area contributed by atoms with Gasteiger partial charge in [0.1, 0.15) is 5.82 Å². The van der Waals surface area contributed by atoms with Crippen molar-refractivity contribution >= 4 is 23.0 Å². The van der Waals surface area contributed by atoms with Crippen LogP contribution in [0.5, 0.6) is 0 Å². The van der Waals surface area contributed by atoms with Crippen LogP contribution in [0.1, 0.15) is 22.2 Å². The molecule has 0 bridgehead atoms. The first kappa shape index (κ1) is 20.6. The summed E-state index contributed by atoms with van der Waals surface area (Å²) in [5.41, 5.74) is 1.61. The van der Waals surface area contributed by atoms with Gasteiger partial charge in [-0.1, -0.05) is 13.0 Å². The molecule has 5 nitrogen and oxygen atoms in total. The minimum atomic E-state index is -0.152. The third-order valence-electron chi connectivity index (χ3n) is 5.08. The van der Waals surface area contributed by atoms with Gasteiger partial charge in [0.05, 0.1) is 12.2 Å². The Bertz CT molecular complexity index is 796. The number of rotatable bonds is 6. The van der Waals surface area contributed by atoms with Gasteiger partial charge in [-0.25, -0.2) is 4.39 Å². The lowest BCUT2D eigenvalue weighted by Crippen LogP contribution is -2.46. The quantitative estimate of drug-likeness (QED) is 0.574. The van der Waals surface area contributed by atoms with Crippen LogP contribution < -0.4 is 15.5 Å². The predicted octanol–water partition coefficient (Wildman–Crippen LogP) is 3.20. The van der Waals surface area contributed by atoms with E-state index in [0.717, 1.165) is 44.8 Å². The van der Waals surface area contributed by atoms with Gasteiger partial charge in [0, 0.05) is 49.5 Å². The Morgan fingerprint density at radius 2 is 1.86 bits per heavy atom. The summed E-state index contributed by atoms with van der Waals surface area (Å²) < 4.78 is 14.7. The van der Waals surface area contributed by atoms with E-state index in [0.29, 0.717) is 18.2 Å². The molecule has 0 unspecified atom stereocenters. The molecule has 7 heteroatoms. The van der Waals surface area contributed by atoms with Gasteiger partial charge in [0.15, 0.2) is 5.96 Å². The van der Waals surface area contributed by atoms with Crippen LogP contribution in [0.3, 0.4) is 0 Å². The number of halogens is 1. The van der Waals surface area contributed by atoms with Crippen LogP contribution >= 0.6 is 11.3 Å². The Morgan fingerprint density at radius 3 is 2.46 bits per heavy atom. The minimum absolute atomic E-state index is 0.152. The monoisotopic (exact) mass is 403 g/mol. The van der Waals surface area contributed by atoms with Crippen LogP contribution in [-0.2, 0) is 13.1 Å². The van der Waals surface area contributed by atoms with E-state index in [2.05, 4.69) is 51.4 Å². The first-order valence-electron chi connectivity index (χ1n) is 9.84. The minimum Gasteiger partial charge on any atom is -0.367 e. The molecule has 0 aliphatic carbocycles. The molecule has 2 aromatic rings. The van der Waals surface area contributed by atoms with E-state index in [1.165, 1.54) is 9.75 Å². The van der Waals surface area contributed by atoms with Gasteiger partial charge in [-0.05, 0) is 43.3 Å². The van der Waals surface area contributed by atoms with Crippen LogP contribution in [-0.4, -0.2) is 50.6 Å². The highest BCUT2D eigenvalue weighted by atomic mass is 32.1. The van der Waals surface area contributed by atoms with E-state index in [4.69, 9.17) is 0 Å². The fourth-order valence-corrected chi connectivity index (χ4v) is 4.21. The van der Waals surface area contributed by atoms with Gasteiger partial charge in [0.2, 0.25) is 0 Å². The lowest BCUT2D eigenvalue weighted by atomic mass is 10.1. The van der Waals surface area contributed by atoms with Crippen molar-refractivity contribution < 1.29 is 4.39 Å². The summed E-state index contributed by atoms with van der Waals surface area (Å²) in [6.45, 7) is 10.3. The predicted molar refractivity (Wildman–Crippen MR) is 117 cm³/mol. The molecule has 152 valence electrons. The molecule has 28 heavy (non-hydrogen) atoms. The second-order valence-electron chi connectivity index (χ2n) is 7.00. The van der Waals surface area contributed by atoms with Gasteiger partial charge in [0.25, 0.3) is 0 Å². The number of benzene rings is 1. The second-order valence-corrected chi connectivity index (χ2v) is 8.37. The fourth-order valence-electron chi connectivity index (χ4n) is 3.38. The van der Waals surface area contributed by atoms with Crippen LogP contribution in [0.15, 0.2) is 35.3 Å². The highest BCUT2D eigenvalue weighted by molar-refractivity contribution is 7.11. The average molecular weight is 404 g/mol. The lowest BCUT2D eigenvalue weighted by Gasteiger charge is -2.35. The Balaban J connectivity index is 1.52. The van der Waals surface area contributed by atoms with Gasteiger partial charge >= 0.3 is 0 Å². The van der Waals surface area contributed by atoms with Crippen LogP contribution in [0.4, 0.5) is 10.1 Å². The molecule has 1 aromatic carbocycles. The SMILES string of the molecule is CCN1CCN(c2ccc(CNC(=NC)NCc3ccc(C)s3)cc2F)CC1. The van der Waals surface area contributed by atoms with Crippen molar-refractivity contribution in [1.29, 1.82) is 0 Å². The molecule has 0 radical (unpaired) electrons. The number of nitrogens with zero attached hydrogens (tertiary/aromatic N) is 3. The number of aryl methyl sites for hydroxylation is 1. The zero-order valence-corrected chi connectivity index (χ0v) is 17.8. The van der Waals surface area contributed by atoms with Crippen LogP contribution in [0.25, 0.3) is 0 Å². The molecule has 0 saturated carbocycles. The van der Waals surface area contributed by atoms with Crippen LogP contribution in [0.2, 0.25) is 0 Å². The third-order valence-corrected chi connectivity index (χ3v) is 6.08. The topological polar surface area (TPSA) is 42.9 Å². The Hall–Kier alpha value is -2.12. The maximum atomic E-state index is 14.7. The zero-order chi connectivity index (χ0) is 19.9. The highest BCUT2D eigenvalue weighted by Crippen LogP contribution is 2.22. The molecule has 1 aliphatic heterocycles. The number of nitrogens with one attached hydrogen (secondary N) is 2. The Kier molecular flexibility index (Phi) is 7.28. The fraction of sp³-hybridized carbons (Fsp3) is 0.476. The van der Waals surface area contributed by atoms with Crippen molar-refractivity contribution in [2.24, 2.45) is 4.99 Å². The summed E-state index contributed by atoms with van der Waals surface area (Å²) in [4.78, 5) is 11.3. The first-order chi connectivity index (χ1) is 13.6. The van der Waals surface area contributed by atoms with Crippen molar-refractivity contribution in [3.63, 3.8) is 0 Å². The lowest BCUT2D eigenvalue weighted by molar-refractivity contribution is 0.270. The van der Waals surface area contributed by atoms with E-state index in [-0.39, 0.29) is 5.82 Å². The molecule has 0 atom stereocenters. The molecule has 1 fully saturated rings. The molecule has 1 aromatic heterocycles. The number of hydrogen-bond donors (Lipinski definition) is 2. The maximum absolute atomic E-state index is 14.7. The number of hydrogen-bond acceptors (Lipinski definition) is 4. The number of guanidine groups is 1. The number of piperazine rings is 1. The van der Waals surface area contributed by atoms with E-state index in [9.17, 15) is 4.39 Å². The van der Waals surface area contributed by atoms with E-state index < -0.39 is 0 Å². The van der Waals surface area contributed by atoms with Gasteiger partial charge in [-0.3, -0.25) is 4.99 Å². The molecule has 3 rings (SSSR count). The number of thiophene rings is 1. The van der Waals surface area contributed by atoms with E-state index in [1.54, 1.807) is 24.5 Å². The summed E-state index contributed by atoms with van der Waals surface area (Å²) >= 11 is 1.77. The summed E-state index contributed by atoms with van der Waals surface area (Å²) in [6, 6.07) is 9.76. The molecule has 1 saturated heterocycles. The van der Waals surface area contributed by atoms with Gasteiger partial charge in [-0.2, -0.15) is 0 Å². The standard InChI is InChI=1S/C21H30FN5S/c1-4-26-9-11-27(12-10-26)20-8-6-17(13-19(20)22)14-24-21(23-3)25-15-18-7-5-16(2)28-18/h5-8,13H,4,9-12,14-15H2,1-3H3,(H2,23,24,25). The van der Waals surface area contributed by atoms with Gasteiger partial charge in [-0.15, -0.1) is 11.3 Å². The second kappa shape index (κ2) is 9.89. The maximum Gasteiger partial charge on any atom is 0.191 e. The molecular formula is C21H30FN5S. The van der Waals surface area contributed by atoms with Crippen LogP contribution in [0, 0.1) is 12.7 Å². The number of aliphatic imine (C=N–C) groups is 1. The summed E-state index contributed by atoms with van der Waals surface area (Å²) in [6.07, 6.45) is 0. The number of likely N-dealkylation sites (N-methyl/N-ethyl adjacent to an activating group) is 1. The van der Waals surface area contributed by atoms with E-state index in [1.807, 2.05) is 12.1 Å². The summed E-state index contributed by atoms with van der Waals surface area (Å²) in [5.74, 6) is 0.562. The van der Waals surface area contributed by atoms with Crippen molar-refractivity contribution in [1.82, 2.24) is 15.5 Å². The molecule has 1 aliphatic rings. The summed E-state index contributed by atoms with van der Waals surface area (Å²) in [5, 5.41) is 6.56. The third kappa shape index (κ3) is 5.45. The average Bonchev–Trinajstić information content (AvgIpc) is 3.13. The van der Waals surface area contributed by atoms with Crippen molar-refractivity contribution in [3.05, 3.63) is 51.5 Å². The normalized spacial score (nSPS) is 15.7. The Morgan fingerprint density at radius 1 is 1.11 bits per heavy atom. The molecule has 0 spiro atoms. The van der Waals surface area contributed by atoms with Crippen molar-refractivity contribution in [2.75, 3.05) is 44.7 Å². The molecular weight excluding hydrogens is 373 g/mol. The molecule has 2 heterocycles. The van der Waals surface area contributed by atoms with E-state index >= 15 is 0 Å². The van der Waals surface area contributed by atoms with Crippen molar-refractivity contribution in [3.8, 4) is 0 Å². The largest absolute Gasteiger partial charge is 0.367 e. The Labute approximate surface area is 171 Å².